The van der Waals surface area contributed by atoms with Crippen LogP contribution >= 0.6 is 0 Å². The van der Waals surface area contributed by atoms with Crippen LogP contribution in [0.2, 0.25) is 0 Å². The summed E-state index contributed by atoms with van der Waals surface area (Å²) in [5.74, 6) is -0.580. The van der Waals surface area contributed by atoms with Crippen molar-refractivity contribution < 1.29 is 14.5 Å². The minimum absolute atomic E-state index is 0.00362. The van der Waals surface area contributed by atoms with E-state index in [2.05, 4.69) is 4.98 Å². The Morgan fingerprint density at radius 3 is 2.23 bits per heavy atom. The molecule has 1 aromatic heterocycles. The smallest absolute Gasteiger partial charge is 0.406 e. The Balaban J connectivity index is 3.00. The van der Waals surface area contributed by atoms with Gasteiger partial charge in [0, 0.05) is 19.0 Å². The lowest BCUT2D eigenvalue weighted by atomic mass is 10.2. The third kappa shape index (κ3) is 4.16. The number of nitro groups is 1. The van der Waals surface area contributed by atoms with Crippen molar-refractivity contribution in [2.24, 2.45) is 0 Å². The number of hydrogen-bond donors (Lipinski definition) is 0. The Labute approximate surface area is 130 Å². The summed E-state index contributed by atoms with van der Waals surface area (Å²) in [6.45, 7) is 10.9. The highest BCUT2D eigenvalue weighted by atomic mass is 16.6. The van der Waals surface area contributed by atoms with Gasteiger partial charge in [-0.1, -0.05) is 0 Å². The Bertz CT molecular complexity index is 550. The zero-order chi connectivity index (χ0) is 17.0. The van der Waals surface area contributed by atoms with Crippen molar-refractivity contribution in [2.75, 3.05) is 0 Å². The van der Waals surface area contributed by atoms with Crippen LogP contribution in [0.1, 0.15) is 40.3 Å². The lowest BCUT2D eigenvalue weighted by Crippen LogP contribution is -2.48. The first-order valence-electron chi connectivity index (χ1n) is 7.26. The van der Waals surface area contributed by atoms with Crippen LogP contribution in [0.3, 0.4) is 0 Å². The van der Waals surface area contributed by atoms with Gasteiger partial charge in [-0.15, -0.1) is 0 Å². The molecule has 0 aromatic carbocycles. The number of ether oxygens (including phenoxy) is 1. The van der Waals surface area contributed by atoms with Crippen LogP contribution in [-0.2, 0) is 4.79 Å². The lowest BCUT2D eigenvalue weighted by Gasteiger charge is -2.32. The number of carbonyl (C=O) groups is 1. The maximum Gasteiger partial charge on any atom is 0.406 e. The van der Waals surface area contributed by atoms with Crippen molar-refractivity contribution in [1.29, 1.82) is 0 Å². The maximum absolute atomic E-state index is 12.5. The summed E-state index contributed by atoms with van der Waals surface area (Å²) in [6, 6.07) is 3.12. The third-order valence-corrected chi connectivity index (χ3v) is 3.17. The Morgan fingerprint density at radius 2 is 1.77 bits per heavy atom. The zero-order valence-corrected chi connectivity index (χ0v) is 13.9. The quantitative estimate of drug-likeness (QED) is 0.595. The molecule has 1 rings (SSSR count). The van der Waals surface area contributed by atoms with Gasteiger partial charge in [0.2, 0.25) is 5.75 Å². The second-order valence-electron chi connectivity index (χ2n) is 5.72. The molecule has 1 aromatic rings. The first kappa shape index (κ1) is 17.9. The van der Waals surface area contributed by atoms with Crippen molar-refractivity contribution in [2.45, 2.75) is 59.7 Å². The number of hydrogen-bond acceptors (Lipinski definition) is 5. The number of pyridine rings is 1. The molecule has 0 unspecified atom stereocenters. The molecule has 122 valence electrons. The summed E-state index contributed by atoms with van der Waals surface area (Å²) < 4.78 is 5.51. The summed E-state index contributed by atoms with van der Waals surface area (Å²) in [7, 11) is 0. The van der Waals surface area contributed by atoms with Crippen LogP contribution in [-0.4, -0.2) is 38.9 Å². The molecule has 0 bridgehead atoms. The summed E-state index contributed by atoms with van der Waals surface area (Å²) in [5.41, 5.74) is 0.518. The third-order valence-electron chi connectivity index (χ3n) is 3.17. The molecular formula is C15H23N3O4. The Kier molecular flexibility index (Phi) is 5.84. The highest BCUT2D eigenvalue weighted by Gasteiger charge is 2.28. The summed E-state index contributed by atoms with van der Waals surface area (Å²) in [4.78, 5) is 28.5. The van der Waals surface area contributed by atoms with E-state index >= 15 is 0 Å². The van der Waals surface area contributed by atoms with E-state index in [0.29, 0.717) is 5.69 Å². The predicted octanol–water partition coefficient (Wildman–Crippen LogP) is 2.71. The van der Waals surface area contributed by atoms with Gasteiger partial charge in [0.25, 0.3) is 5.91 Å². The molecule has 0 N–H and O–H groups in total. The van der Waals surface area contributed by atoms with Gasteiger partial charge >= 0.3 is 5.82 Å². The van der Waals surface area contributed by atoms with Crippen LogP contribution in [0.15, 0.2) is 12.1 Å². The molecule has 0 aliphatic carbocycles. The van der Waals surface area contributed by atoms with Crippen LogP contribution in [0, 0.1) is 17.0 Å². The molecule has 0 aliphatic heterocycles. The Hall–Kier alpha value is -2.18. The standard InChI is InChI=1S/C15H23N3O4/c1-9(2)17(10(3)4)15(19)12(6)22-13-8-7-11(5)16-14(13)18(20)21/h7-10,12H,1-6H3/t12-/m1/s1. The van der Waals surface area contributed by atoms with E-state index in [1.807, 2.05) is 27.7 Å². The summed E-state index contributed by atoms with van der Waals surface area (Å²) in [6.07, 6.45) is -0.826. The van der Waals surface area contributed by atoms with Crippen molar-refractivity contribution in [3.63, 3.8) is 0 Å². The van der Waals surface area contributed by atoms with E-state index < -0.39 is 11.0 Å². The van der Waals surface area contributed by atoms with E-state index in [1.54, 1.807) is 24.8 Å². The highest BCUT2D eigenvalue weighted by molar-refractivity contribution is 5.81. The van der Waals surface area contributed by atoms with Crippen LogP contribution < -0.4 is 4.74 Å². The van der Waals surface area contributed by atoms with Gasteiger partial charge < -0.3 is 19.8 Å². The van der Waals surface area contributed by atoms with Gasteiger partial charge in [-0.25, -0.2) is 0 Å². The van der Waals surface area contributed by atoms with Crippen LogP contribution in [0.25, 0.3) is 0 Å². The number of aromatic nitrogens is 1. The fraction of sp³-hybridized carbons (Fsp3) is 0.600. The average molecular weight is 309 g/mol. The zero-order valence-electron chi connectivity index (χ0n) is 13.9. The normalized spacial score (nSPS) is 12.4. The fourth-order valence-corrected chi connectivity index (χ4v) is 2.31. The molecule has 22 heavy (non-hydrogen) atoms. The molecule has 0 aliphatic rings. The van der Waals surface area contributed by atoms with E-state index in [9.17, 15) is 14.9 Å². The molecule has 0 saturated heterocycles. The average Bonchev–Trinajstić information content (AvgIpc) is 2.39. The monoisotopic (exact) mass is 309 g/mol. The second-order valence-corrected chi connectivity index (χ2v) is 5.72. The second kappa shape index (κ2) is 7.20. The van der Waals surface area contributed by atoms with Crippen LogP contribution in [0.5, 0.6) is 5.75 Å². The highest BCUT2D eigenvalue weighted by Crippen LogP contribution is 2.26. The molecule has 0 saturated carbocycles. The van der Waals surface area contributed by atoms with Gasteiger partial charge in [-0.3, -0.25) is 4.79 Å². The van der Waals surface area contributed by atoms with Gasteiger partial charge in [0.15, 0.2) is 6.10 Å². The number of amides is 1. The molecule has 1 heterocycles. The molecule has 0 spiro atoms. The molecule has 1 atom stereocenters. The molecule has 7 nitrogen and oxygen atoms in total. The van der Waals surface area contributed by atoms with Crippen molar-refractivity contribution in [3.05, 3.63) is 27.9 Å². The minimum atomic E-state index is -0.826. The van der Waals surface area contributed by atoms with Gasteiger partial charge in [-0.05, 0) is 56.7 Å². The van der Waals surface area contributed by atoms with E-state index in [1.165, 1.54) is 6.07 Å². The SMILES string of the molecule is Cc1ccc(O[C@H](C)C(=O)N(C(C)C)C(C)C)c([N+](=O)[O-])n1. The van der Waals surface area contributed by atoms with E-state index in [-0.39, 0.29) is 29.6 Å². The number of aryl methyl sites for hydroxylation is 1. The van der Waals surface area contributed by atoms with Gasteiger partial charge in [0.05, 0.1) is 0 Å². The predicted molar refractivity (Wildman–Crippen MR) is 82.8 cm³/mol. The molecular weight excluding hydrogens is 286 g/mol. The number of nitrogens with zero attached hydrogens (tertiary/aromatic N) is 3. The van der Waals surface area contributed by atoms with Crippen molar-refractivity contribution in [1.82, 2.24) is 9.88 Å². The number of rotatable bonds is 6. The van der Waals surface area contributed by atoms with Gasteiger partial charge in [-0.2, -0.15) is 0 Å². The lowest BCUT2D eigenvalue weighted by molar-refractivity contribution is -0.390. The van der Waals surface area contributed by atoms with Crippen LogP contribution in [0.4, 0.5) is 5.82 Å². The first-order chi connectivity index (χ1) is 10.1. The van der Waals surface area contributed by atoms with Crippen molar-refractivity contribution in [3.8, 4) is 5.75 Å². The van der Waals surface area contributed by atoms with Gasteiger partial charge in [0.1, 0.15) is 5.69 Å². The summed E-state index contributed by atoms with van der Waals surface area (Å²) >= 11 is 0. The molecule has 0 radical (unpaired) electrons. The van der Waals surface area contributed by atoms with E-state index in [0.717, 1.165) is 0 Å². The maximum atomic E-state index is 12.5. The summed E-state index contributed by atoms with van der Waals surface area (Å²) in [5, 5.41) is 11.0. The molecule has 1 amide bonds. The topological polar surface area (TPSA) is 85.6 Å². The minimum Gasteiger partial charge on any atom is -0.473 e. The number of carbonyl (C=O) groups excluding carboxylic acids is 1. The largest absolute Gasteiger partial charge is 0.473 e. The molecule has 0 fully saturated rings. The van der Waals surface area contributed by atoms with Crippen molar-refractivity contribution >= 4 is 11.7 Å². The van der Waals surface area contributed by atoms with E-state index in [4.69, 9.17) is 4.74 Å². The Morgan fingerprint density at radius 1 is 1.23 bits per heavy atom. The first-order valence-corrected chi connectivity index (χ1v) is 7.26. The molecule has 7 heteroatoms. The fourth-order valence-electron chi connectivity index (χ4n) is 2.31.